The molecule has 1 aromatic carbocycles. The minimum atomic E-state index is -1.04. The van der Waals surface area contributed by atoms with Crippen LogP contribution < -0.4 is 15.5 Å². The lowest BCUT2D eigenvalue weighted by Gasteiger charge is -2.04. The molecule has 1 amide bonds. The molecule has 0 aromatic heterocycles. The number of hydrogen-bond donors (Lipinski definition) is 1. The van der Waals surface area contributed by atoms with E-state index in [0.29, 0.717) is 12.4 Å². The van der Waals surface area contributed by atoms with E-state index in [1.807, 2.05) is 0 Å². The van der Waals surface area contributed by atoms with Crippen LogP contribution in [0.25, 0.3) is 0 Å². The van der Waals surface area contributed by atoms with E-state index in [2.05, 4.69) is 10.1 Å². The number of ether oxygens (including phenoxy) is 2. The molecule has 0 spiro atoms. The van der Waals surface area contributed by atoms with Crippen molar-refractivity contribution < 1.29 is 19.1 Å². The van der Waals surface area contributed by atoms with Gasteiger partial charge in [0.05, 0.1) is 18.9 Å². The predicted molar refractivity (Wildman–Crippen MR) is 69.1 cm³/mol. The lowest BCUT2D eigenvalue weighted by molar-refractivity contribution is -0.152. The molecular weight excluding hydrogens is 250 g/mol. The van der Waals surface area contributed by atoms with E-state index in [0.717, 1.165) is 0 Å². The smallest absolute Gasteiger partial charge is 0.397 e. The van der Waals surface area contributed by atoms with Crippen LogP contribution in [0.2, 0.25) is 0 Å². The highest BCUT2D eigenvalue weighted by Crippen LogP contribution is 2.12. The summed E-state index contributed by atoms with van der Waals surface area (Å²) in [6.45, 7) is 3.88. The SMILES string of the molecule is CCOC(=O)C(=O)Nc1cc(OCC)cccc1=O. The summed E-state index contributed by atoms with van der Waals surface area (Å²) in [7, 11) is 0. The van der Waals surface area contributed by atoms with E-state index in [-0.39, 0.29) is 12.3 Å². The molecule has 0 aliphatic heterocycles. The lowest BCUT2D eigenvalue weighted by Crippen LogP contribution is -2.27. The van der Waals surface area contributed by atoms with Gasteiger partial charge in [0.1, 0.15) is 5.75 Å². The van der Waals surface area contributed by atoms with Crippen molar-refractivity contribution in [1.82, 2.24) is 0 Å². The summed E-state index contributed by atoms with van der Waals surface area (Å²) >= 11 is 0. The summed E-state index contributed by atoms with van der Waals surface area (Å²) in [4.78, 5) is 34.3. The molecule has 0 unspecified atom stereocenters. The average Bonchev–Trinajstić information content (AvgIpc) is 2.53. The Kier molecular flexibility index (Phi) is 5.53. The number of rotatable bonds is 4. The van der Waals surface area contributed by atoms with Crippen LogP contribution in [0.4, 0.5) is 5.69 Å². The maximum atomic E-state index is 11.7. The molecule has 6 nitrogen and oxygen atoms in total. The Balaban J connectivity index is 2.97. The predicted octanol–water partition coefficient (Wildman–Crippen LogP) is 0.947. The molecule has 0 aliphatic rings. The largest absolute Gasteiger partial charge is 0.494 e. The third-order valence-corrected chi connectivity index (χ3v) is 2.08. The highest BCUT2D eigenvalue weighted by Gasteiger charge is 2.16. The Morgan fingerprint density at radius 3 is 2.58 bits per heavy atom. The average molecular weight is 265 g/mol. The Bertz CT molecular complexity index is 527. The van der Waals surface area contributed by atoms with Gasteiger partial charge in [0, 0.05) is 6.07 Å². The summed E-state index contributed by atoms with van der Waals surface area (Å²) in [5.74, 6) is -1.61. The van der Waals surface area contributed by atoms with Crippen molar-refractivity contribution in [2.75, 3.05) is 18.5 Å². The Hall–Kier alpha value is -2.37. The zero-order chi connectivity index (χ0) is 14.3. The van der Waals surface area contributed by atoms with Crippen LogP contribution >= 0.6 is 0 Å². The molecular formula is C13H15NO5. The number of amides is 1. The van der Waals surface area contributed by atoms with E-state index in [1.165, 1.54) is 18.2 Å². The van der Waals surface area contributed by atoms with Crippen LogP contribution in [0.5, 0.6) is 5.75 Å². The molecule has 0 atom stereocenters. The summed E-state index contributed by atoms with van der Waals surface area (Å²) in [6.07, 6.45) is 0. The Morgan fingerprint density at radius 2 is 1.95 bits per heavy atom. The van der Waals surface area contributed by atoms with Crippen molar-refractivity contribution in [3.05, 3.63) is 34.5 Å². The first kappa shape index (κ1) is 14.7. The van der Waals surface area contributed by atoms with Gasteiger partial charge in [0.15, 0.2) is 0 Å². The van der Waals surface area contributed by atoms with Gasteiger partial charge in [-0.25, -0.2) is 4.79 Å². The molecule has 0 bridgehead atoms. The summed E-state index contributed by atoms with van der Waals surface area (Å²) in [5, 5.41) is 2.21. The molecule has 6 heteroatoms. The number of carbonyl (C=O) groups excluding carboxylic acids is 2. The van der Waals surface area contributed by atoms with Crippen LogP contribution in [0.3, 0.4) is 0 Å². The van der Waals surface area contributed by atoms with Crippen LogP contribution in [0, 0.1) is 0 Å². The van der Waals surface area contributed by atoms with E-state index in [1.54, 1.807) is 19.9 Å². The number of carbonyl (C=O) groups is 2. The normalized spacial score (nSPS) is 9.58. The van der Waals surface area contributed by atoms with Gasteiger partial charge < -0.3 is 14.8 Å². The van der Waals surface area contributed by atoms with Crippen LogP contribution in [0.15, 0.2) is 29.1 Å². The lowest BCUT2D eigenvalue weighted by atomic mass is 10.4. The second-order valence-corrected chi connectivity index (χ2v) is 3.46. The third-order valence-electron chi connectivity index (χ3n) is 2.08. The van der Waals surface area contributed by atoms with E-state index < -0.39 is 17.3 Å². The molecule has 0 radical (unpaired) electrons. The minimum Gasteiger partial charge on any atom is -0.494 e. The highest BCUT2D eigenvalue weighted by atomic mass is 16.5. The van der Waals surface area contributed by atoms with Gasteiger partial charge in [-0.3, -0.25) is 9.59 Å². The van der Waals surface area contributed by atoms with Crippen molar-refractivity contribution in [2.45, 2.75) is 13.8 Å². The Morgan fingerprint density at radius 1 is 1.21 bits per heavy atom. The summed E-state index contributed by atoms with van der Waals surface area (Å²) < 4.78 is 9.78. The molecule has 0 saturated carbocycles. The van der Waals surface area contributed by atoms with Gasteiger partial charge in [-0.1, -0.05) is 6.07 Å². The maximum Gasteiger partial charge on any atom is 0.397 e. The molecule has 1 N–H and O–H groups in total. The fourth-order valence-electron chi connectivity index (χ4n) is 1.31. The molecule has 102 valence electrons. The molecule has 0 saturated heterocycles. The van der Waals surface area contributed by atoms with E-state index >= 15 is 0 Å². The first-order valence-corrected chi connectivity index (χ1v) is 5.83. The summed E-state index contributed by atoms with van der Waals surface area (Å²) in [5.41, 5.74) is -0.463. The maximum absolute atomic E-state index is 11.7. The van der Waals surface area contributed by atoms with Crippen LogP contribution in [-0.4, -0.2) is 25.1 Å². The molecule has 1 aromatic rings. The van der Waals surface area contributed by atoms with Gasteiger partial charge in [-0.2, -0.15) is 0 Å². The zero-order valence-corrected chi connectivity index (χ0v) is 10.8. The highest BCUT2D eigenvalue weighted by molar-refractivity contribution is 6.37. The number of esters is 1. The molecule has 0 aliphatic carbocycles. The number of anilines is 1. The third kappa shape index (κ3) is 4.42. The first-order chi connectivity index (χ1) is 9.08. The number of nitrogens with one attached hydrogen (secondary N) is 1. The molecule has 0 fully saturated rings. The molecule has 0 heterocycles. The van der Waals surface area contributed by atoms with Crippen LogP contribution in [-0.2, 0) is 14.3 Å². The van der Waals surface area contributed by atoms with Gasteiger partial charge in [0.25, 0.3) is 0 Å². The van der Waals surface area contributed by atoms with Gasteiger partial charge in [-0.15, -0.1) is 0 Å². The Labute approximate surface area is 110 Å². The second kappa shape index (κ2) is 7.15. The monoisotopic (exact) mass is 265 g/mol. The van der Waals surface area contributed by atoms with Gasteiger partial charge >= 0.3 is 11.9 Å². The van der Waals surface area contributed by atoms with E-state index in [4.69, 9.17) is 4.74 Å². The van der Waals surface area contributed by atoms with Crippen molar-refractivity contribution >= 4 is 17.6 Å². The fraction of sp³-hybridized carbons (Fsp3) is 0.308. The quantitative estimate of drug-likeness (QED) is 0.647. The fourth-order valence-corrected chi connectivity index (χ4v) is 1.31. The molecule has 19 heavy (non-hydrogen) atoms. The minimum absolute atomic E-state index is 0.0356. The topological polar surface area (TPSA) is 81.7 Å². The van der Waals surface area contributed by atoms with Crippen molar-refractivity contribution in [2.24, 2.45) is 0 Å². The van der Waals surface area contributed by atoms with Crippen molar-refractivity contribution in [3.63, 3.8) is 0 Å². The van der Waals surface area contributed by atoms with Gasteiger partial charge in [0.2, 0.25) is 5.43 Å². The van der Waals surface area contributed by atoms with Crippen molar-refractivity contribution in [3.8, 4) is 5.75 Å². The summed E-state index contributed by atoms with van der Waals surface area (Å²) in [6, 6.07) is 5.73. The van der Waals surface area contributed by atoms with Gasteiger partial charge in [-0.05, 0) is 26.0 Å². The zero-order valence-electron chi connectivity index (χ0n) is 10.8. The second-order valence-electron chi connectivity index (χ2n) is 3.46. The van der Waals surface area contributed by atoms with E-state index in [9.17, 15) is 14.4 Å². The first-order valence-electron chi connectivity index (χ1n) is 5.83. The van der Waals surface area contributed by atoms with Crippen molar-refractivity contribution in [1.29, 1.82) is 0 Å². The standard InChI is InChI=1S/C13H15NO5/c1-3-18-9-6-5-7-11(15)10(8-9)14-12(16)13(17)19-4-2/h5-8H,3-4H2,1-2H3,(H,14,15,16). The molecule has 1 rings (SSSR count). The van der Waals surface area contributed by atoms with Crippen LogP contribution in [0.1, 0.15) is 13.8 Å². The number of hydrogen-bond acceptors (Lipinski definition) is 5.